The molecule has 0 spiro atoms. The summed E-state index contributed by atoms with van der Waals surface area (Å²) in [5.74, 6) is 0.570. The summed E-state index contributed by atoms with van der Waals surface area (Å²) in [6.07, 6.45) is 1.76. The molecule has 5 heteroatoms. The normalized spacial score (nSPS) is 10.7. The smallest absolute Gasteiger partial charge is 0.255 e. The Balaban J connectivity index is 1.66. The highest BCUT2D eigenvalue weighted by atomic mass is 16.5. The van der Waals surface area contributed by atoms with Gasteiger partial charge in [0, 0.05) is 36.0 Å². The molecule has 3 rings (SSSR count). The quantitative estimate of drug-likeness (QED) is 0.651. The zero-order valence-electron chi connectivity index (χ0n) is 17.0. The Hall–Kier alpha value is -3.08. The van der Waals surface area contributed by atoms with Crippen molar-refractivity contribution in [3.8, 4) is 5.75 Å². The molecule has 0 fully saturated rings. The third-order valence-electron chi connectivity index (χ3n) is 4.82. The summed E-state index contributed by atoms with van der Waals surface area (Å²) in [5, 5.41) is 7.42. The summed E-state index contributed by atoms with van der Waals surface area (Å²) in [6, 6.07) is 15.2. The van der Waals surface area contributed by atoms with E-state index in [-0.39, 0.29) is 5.91 Å². The monoisotopic (exact) mass is 377 g/mol. The molecule has 0 saturated heterocycles. The third-order valence-corrected chi connectivity index (χ3v) is 4.82. The van der Waals surface area contributed by atoms with Crippen LogP contribution in [-0.2, 0) is 13.5 Å². The third kappa shape index (κ3) is 4.60. The number of aromatic nitrogens is 2. The van der Waals surface area contributed by atoms with Crippen molar-refractivity contribution in [1.29, 1.82) is 0 Å². The van der Waals surface area contributed by atoms with E-state index in [2.05, 4.69) is 24.3 Å². The number of carbonyl (C=O) groups excluding carboxylic acids is 1. The second kappa shape index (κ2) is 8.74. The molecular weight excluding hydrogens is 350 g/mol. The zero-order chi connectivity index (χ0) is 20.1. The molecule has 146 valence electrons. The number of anilines is 1. The fraction of sp³-hybridized carbons (Fsp3) is 0.304. The average molecular weight is 377 g/mol. The lowest BCUT2D eigenvalue weighted by Gasteiger charge is -2.09. The molecule has 0 aliphatic heterocycles. The molecule has 2 aromatic carbocycles. The maximum absolute atomic E-state index is 12.5. The van der Waals surface area contributed by atoms with Gasteiger partial charge in [0.1, 0.15) is 5.75 Å². The molecule has 0 unspecified atom stereocenters. The molecular formula is C23H27N3O2. The number of ether oxygens (including phenoxy) is 1. The van der Waals surface area contributed by atoms with E-state index in [4.69, 9.17) is 4.74 Å². The second-order valence-electron chi connectivity index (χ2n) is 6.98. The van der Waals surface area contributed by atoms with Crippen molar-refractivity contribution in [1.82, 2.24) is 9.78 Å². The first-order chi connectivity index (χ1) is 13.5. The van der Waals surface area contributed by atoms with Crippen LogP contribution < -0.4 is 10.1 Å². The Morgan fingerprint density at radius 2 is 1.89 bits per heavy atom. The SMILES string of the molecule is CCCOc1cccc(C(=O)Nc2ccc(Cc3c(C)nn(C)c3C)cc2)c1. The molecule has 5 nitrogen and oxygen atoms in total. The Morgan fingerprint density at radius 1 is 1.14 bits per heavy atom. The molecule has 28 heavy (non-hydrogen) atoms. The first kappa shape index (κ1) is 19.7. The Kier molecular flexibility index (Phi) is 6.14. The zero-order valence-corrected chi connectivity index (χ0v) is 17.0. The lowest BCUT2D eigenvalue weighted by molar-refractivity contribution is 0.102. The molecule has 0 bridgehead atoms. The molecule has 0 aliphatic carbocycles. The predicted molar refractivity (Wildman–Crippen MR) is 112 cm³/mol. The summed E-state index contributed by atoms with van der Waals surface area (Å²) < 4.78 is 7.52. The van der Waals surface area contributed by atoms with E-state index in [9.17, 15) is 4.79 Å². The molecule has 0 radical (unpaired) electrons. The lowest BCUT2D eigenvalue weighted by Crippen LogP contribution is -2.12. The topological polar surface area (TPSA) is 56.1 Å². The van der Waals surface area contributed by atoms with Gasteiger partial charge in [-0.25, -0.2) is 0 Å². The number of rotatable bonds is 7. The van der Waals surface area contributed by atoms with Crippen molar-refractivity contribution in [2.24, 2.45) is 7.05 Å². The summed E-state index contributed by atoms with van der Waals surface area (Å²) in [7, 11) is 1.97. The minimum atomic E-state index is -0.145. The van der Waals surface area contributed by atoms with Gasteiger partial charge < -0.3 is 10.1 Å². The summed E-state index contributed by atoms with van der Waals surface area (Å²) in [6.45, 7) is 6.82. The molecule has 3 aromatic rings. The average Bonchev–Trinajstić information content (AvgIpc) is 2.94. The number of nitrogens with one attached hydrogen (secondary N) is 1. The highest BCUT2D eigenvalue weighted by molar-refractivity contribution is 6.04. The van der Waals surface area contributed by atoms with Gasteiger partial charge in [-0.3, -0.25) is 9.48 Å². The Labute approximate surface area is 166 Å². The minimum absolute atomic E-state index is 0.145. The largest absolute Gasteiger partial charge is 0.494 e. The van der Waals surface area contributed by atoms with Crippen molar-refractivity contribution in [2.75, 3.05) is 11.9 Å². The standard InChI is InChI=1S/C23H27N3O2/c1-5-13-28-21-8-6-7-19(15-21)23(27)24-20-11-9-18(10-12-20)14-22-16(2)25-26(4)17(22)3/h6-12,15H,5,13-14H2,1-4H3,(H,24,27). The van der Waals surface area contributed by atoms with Gasteiger partial charge in [0.05, 0.1) is 12.3 Å². The van der Waals surface area contributed by atoms with Crippen molar-refractivity contribution in [2.45, 2.75) is 33.6 Å². The highest BCUT2D eigenvalue weighted by Crippen LogP contribution is 2.20. The molecule has 0 atom stereocenters. The fourth-order valence-corrected chi connectivity index (χ4v) is 3.13. The Bertz CT molecular complexity index is 958. The number of carbonyl (C=O) groups is 1. The number of aryl methyl sites for hydroxylation is 2. The number of hydrogen-bond donors (Lipinski definition) is 1. The van der Waals surface area contributed by atoms with Gasteiger partial charge in [0.25, 0.3) is 5.91 Å². The van der Waals surface area contributed by atoms with E-state index in [1.807, 2.05) is 55.1 Å². The van der Waals surface area contributed by atoms with Crippen LogP contribution in [0.15, 0.2) is 48.5 Å². The first-order valence-corrected chi connectivity index (χ1v) is 9.60. The molecule has 1 amide bonds. The fourth-order valence-electron chi connectivity index (χ4n) is 3.13. The van der Waals surface area contributed by atoms with Gasteiger partial charge >= 0.3 is 0 Å². The van der Waals surface area contributed by atoms with Crippen LogP contribution in [0, 0.1) is 13.8 Å². The van der Waals surface area contributed by atoms with E-state index in [1.165, 1.54) is 16.8 Å². The van der Waals surface area contributed by atoms with Crippen LogP contribution in [0.3, 0.4) is 0 Å². The number of hydrogen-bond acceptors (Lipinski definition) is 3. The maximum atomic E-state index is 12.5. The molecule has 0 aliphatic rings. The summed E-state index contributed by atoms with van der Waals surface area (Å²) in [5.41, 5.74) is 6.03. The number of amides is 1. The number of benzene rings is 2. The van der Waals surface area contributed by atoms with E-state index >= 15 is 0 Å². The van der Waals surface area contributed by atoms with Crippen LogP contribution in [0.2, 0.25) is 0 Å². The van der Waals surface area contributed by atoms with Crippen LogP contribution in [0.4, 0.5) is 5.69 Å². The first-order valence-electron chi connectivity index (χ1n) is 9.60. The lowest BCUT2D eigenvalue weighted by atomic mass is 10.0. The minimum Gasteiger partial charge on any atom is -0.494 e. The van der Waals surface area contributed by atoms with Gasteiger partial charge in [0.2, 0.25) is 0 Å². The van der Waals surface area contributed by atoms with E-state index in [0.717, 1.165) is 24.2 Å². The molecule has 1 N–H and O–H groups in total. The molecule has 1 aromatic heterocycles. The second-order valence-corrected chi connectivity index (χ2v) is 6.98. The van der Waals surface area contributed by atoms with E-state index < -0.39 is 0 Å². The van der Waals surface area contributed by atoms with Crippen molar-refractivity contribution in [3.05, 3.63) is 76.6 Å². The van der Waals surface area contributed by atoms with Crippen LogP contribution in [-0.4, -0.2) is 22.3 Å². The van der Waals surface area contributed by atoms with Crippen LogP contribution in [0.5, 0.6) is 5.75 Å². The summed E-state index contributed by atoms with van der Waals surface area (Å²) >= 11 is 0. The van der Waals surface area contributed by atoms with Gasteiger partial charge in [-0.15, -0.1) is 0 Å². The molecule has 0 saturated carbocycles. The van der Waals surface area contributed by atoms with Gasteiger partial charge in [-0.05, 0) is 56.2 Å². The van der Waals surface area contributed by atoms with Crippen molar-refractivity contribution < 1.29 is 9.53 Å². The van der Waals surface area contributed by atoms with Gasteiger partial charge in [-0.1, -0.05) is 25.1 Å². The Morgan fingerprint density at radius 3 is 2.54 bits per heavy atom. The van der Waals surface area contributed by atoms with Crippen LogP contribution >= 0.6 is 0 Å². The van der Waals surface area contributed by atoms with Crippen LogP contribution in [0.1, 0.15) is 46.2 Å². The van der Waals surface area contributed by atoms with Crippen LogP contribution in [0.25, 0.3) is 0 Å². The van der Waals surface area contributed by atoms with Gasteiger partial charge in [-0.2, -0.15) is 5.10 Å². The maximum Gasteiger partial charge on any atom is 0.255 e. The molecule has 1 heterocycles. The number of nitrogens with zero attached hydrogens (tertiary/aromatic N) is 2. The van der Waals surface area contributed by atoms with E-state index in [0.29, 0.717) is 17.9 Å². The van der Waals surface area contributed by atoms with Crippen molar-refractivity contribution in [3.63, 3.8) is 0 Å². The van der Waals surface area contributed by atoms with E-state index in [1.54, 1.807) is 12.1 Å². The predicted octanol–water partition coefficient (Wildman–Crippen LogP) is 4.67. The van der Waals surface area contributed by atoms with Crippen molar-refractivity contribution >= 4 is 11.6 Å². The summed E-state index contributed by atoms with van der Waals surface area (Å²) in [4.78, 5) is 12.5. The highest BCUT2D eigenvalue weighted by Gasteiger charge is 2.11. The van der Waals surface area contributed by atoms with Gasteiger partial charge in [0.15, 0.2) is 0 Å².